The molecule has 2 aromatic carbocycles. The molecule has 1 amide bonds. The monoisotopic (exact) mass is 407 g/mol. The topological polar surface area (TPSA) is 73.2 Å². The number of rotatable bonds is 5. The third-order valence-corrected chi connectivity index (χ3v) is 4.98. The van der Waals surface area contributed by atoms with Crippen molar-refractivity contribution in [2.24, 2.45) is 0 Å². The SMILES string of the molecule is Cc1nn(Cc2ccccc2)c(Cl)c1/C=C/C(=O)c1ccc2c(c1)NC(=O)CO2. The number of ketones is 1. The molecule has 29 heavy (non-hydrogen) atoms. The van der Waals surface area contributed by atoms with E-state index in [9.17, 15) is 9.59 Å². The number of carbonyl (C=O) groups excluding carboxylic acids is 2. The quantitative estimate of drug-likeness (QED) is 0.510. The van der Waals surface area contributed by atoms with Crippen LogP contribution in [0.3, 0.4) is 0 Å². The standard InChI is InChI=1S/C22H18ClN3O3/c1-14-17(22(23)26(25-14)12-15-5-3-2-4-6-15)8-9-19(27)16-7-10-20-18(11-16)24-21(28)13-29-20/h2-11H,12-13H2,1H3,(H,24,28)/b9-8+. The van der Waals surface area contributed by atoms with E-state index < -0.39 is 0 Å². The van der Waals surface area contributed by atoms with Gasteiger partial charge in [0, 0.05) is 11.1 Å². The molecule has 0 unspecified atom stereocenters. The van der Waals surface area contributed by atoms with Crippen LogP contribution in [0, 0.1) is 6.92 Å². The Hall–Kier alpha value is -3.38. The van der Waals surface area contributed by atoms with E-state index in [0.29, 0.717) is 34.3 Å². The van der Waals surface area contributed by atoms with Crippen molar-refractivity contribution in [3.63, 3.8) is 0 Å². The van der Waals surface area contributed by atoms with Gasteiger partial charge in [-0.15, -0.1) is 0 Å². The lowest BCUT2D eigenvalue weighted by molar-refractivity contribution is -0.118. The Balaban J connectivity index is 1.54. The highest BCUT2D eigenvalue weighted by Crippen LogP contribution is 2.29. The van der Waals surface area contributed by atoms with E-state index in [1.54, 1.807) is 29.0 Å². The molecule has 0 saturated heterocycles. The van der Waals surface area contributed by atoms with Gasteiger partial charge in [-0.25, -0.2) is 4.68 Å². The average molecular weight is 408 g/mol. The lowest BCUT2D eigenvalue weighted by Crippen LogP contribution is -2.25. The van der Waals surface area contributed by atoms with Crippen LogP contribution in [0.2, 0.25) is 5.15 Å². The maximum atomic E-state index is 12.6. The molecule has 1 N–H and O–H groups in total. The Morgan fingerprint density at radius 2 is 2.07 bits per heavy atom. The Morgan fingerprint density at radius 3 is 2.86 bits per heavy atom. The van der Waals surface area contributed by atoms with Gasteiger partial charge >= 0.3 is 0 Å². The zero-order chi connectivity index (χ0) is 20.4. The summed E-state index contributed by atoms with van der Waals surface area (Å²) in [7, 11) is 0. The highest BCUT2D eigenvalue weighted by Gasteiger charge is 2.17. The van der Waals surface area contributed by atoms with Crippen molar-refractivity contribution in [1.29, 1.82) is 0 Å². The Labute approximate surface area is 172 Å². The summed E-state index contributed by atoms with van der Waals surface area (Å²) >= 11 is 6.49. The van der Waals surface area contributed by atoms with Crippen LogP contribution in [-0.4, -0.2) is 28.1 Å². The number of anilines is 1. The molecule has 0 fully saturated rings. The van der Waals surface area contributed by atoms with Crippen LogP contribution in [0.5, 0.6) is 5.75 Å². The first kappa shape index (κ1) is 19.0. The van der Waals surface area contributed by atoms with Crippen LogP contribution < -0.4 is 10.1 Å². The average Bonchev–Trinajstić information content (AvgIpc) is 2.99. The van der Waals surface area contributed by atoms with E-state index in [2.05, 4.69) is 10.4 Å². The molecule has 0 saturated carbocycles. The van der Waals surface area contributed by atoms with Gasteiger partial charge in [0.2, 0.25) is 0 Å². The zero-order valence-electron chi connectivity index (χ0n) is 15.7. The Morgan fingerprint density at radius 1 is 1.28 bits per heavy atom. The van der Waals surface area contributed by atoms with Crippen molar-refractivity contribution in [2.75, 3.05) is 11.9 Å². The van der Waals surface area contributed by atoms with E-state index in [0.717, 1.165) is 11.3 Å². The number of aromatic nitrogens is 2. The number of allylic oxidation sites excluding steroid dienone is 1. The fourth-order valence-electron chi connectivity index (χ4n) is 3.11. The van der Waals surface area contributed by atoms with Crippen LogP contribution in [0.15, 0.2) is 54.6 Å². The maximum Gasteiger partial charge on any atom is 0.262 e. The predicted molar refractivity (Wildman–Crippen MR) is 111 cm³/mol. The van der Waals surface area contributed by atoms with E-state index in [1.807, 2.05) is 37.3 Å². The maximum absolute atomic E-state index is 12.6. The van der Waals surface area contributed by atoms with Crippen LogP contribution in [0.4, 0.5) is 5.69 Å². The summed E-state index contributed by atoms with van der Waals surface area (Å²) in [5, 5.41) is 7.65. The Kier molecular flexibility index (Phi) is 5.18. The van der Waals surface area contributed by atoms with Gasteiger partial charge in [-0.1, -0.05) is 41.9 Å². The largest absolute Gasteiger partial charge is 0.482 e. The summed E-state index contributed by atoms with van der Waals surface area (Å²) < 4.78 is 7.02. The number of nitrogens with zero attached hydrogens (tertiary/aromatic N) is 2. The number of nitrogens with one attached hydrogen (secondary N) is 1. The van der Waals surface area contributed by atoms with Gasteiger partial charge in [0.1, 0.15) is 10.9 Å². The number of hydrogen-bond acceptors (Lipinski definition) is 4. The molecule has 1 aromatic heterocycles. The molecule has 0 atom stereocenters. The lowest BCUT2D eigenvalue weighted by atomic mass is 10.1. The number of ether oxygens (including phenoxy) is 1. The minimum Gasteiger partial charge on any atom is -0.482 e. The molecule has 0 aliphatic carbocycles. The smallest absolute Gasteiger partial charge is 0.262 e. The second-order valence-corrected chi connectivity index (χ2v) is 7.04. The number of hydrogen-bond donors (Lipinski definition) is 1. The predicted octanol–water partition coefficient (Wildman–Crippen LogP) is 4.12. The normalized spacial score (nSPS) is 13.1. The van der Waals surface area contributed by atoms with Crippen molar-refractivity contribution in [3.8, 4) is 5.75 Å². The van der Waals surface area contributed by atoms with E-state index in [-0.39, 0.29) is 18.3 Å². The Bertz CT molecular complexity index is 1120. The molecule has 0 radical (unpaired) electrons. The van der Waals surface area contributed by atoms with Gasteiger partial charge < -0.3 is 10.1 Å². The minimum atomic E-state index is -0.245. The van der Waals surface area contributed by atoms with Crippen molar-refractivity contribution in [3.05, 3.63) is 82.1 Å². The van der Waals surface area contributed by atoms with Crippen LogP contribution in [0.25, 0.3) is 6.08 Å². The summed E-state index contributed by atoms with van der Waals surface area (Å²) in [6, 6.07) is 14.8. The first-order chi connectivity index (χ1) is 14.0. The summed E-state index contributed by atoms with van der Waals surface area (Å²) in [5.74, 6) is 0.0935. The van der Waals surface area contributed by atoms with Gasteiger partial charge in [0.25, 0.3) is 5.91 Å². The third-order valence-electron chi connectivity index (χ3n) is 4.58. The summed E-state index contributed by atoms with van der Waals surface area (Å²) in [4.78, 5) is 24.1. The highest BCUT2D eigenvalue weighted by atomic mass is 35.5. The molecule has 3 aromatic rings. The van der Waals surface area contributed by atoms with E-state index in [4.69, 9.17) is 16.3 Å². The minimum absolute atomic E-state index is 0.0229. The molecule has 6 nitrogen and oxygen atoms in total. The zero-order valence-corrected chi connectivity index (χ0v) is 16.4. The third kappa shape index (κ3) is 4.07. The van der Waals surface area contributed by atoms with Crippen LogP contribution in [-0.2, 0) is 11.3 Å². The molecule has 1 aliphatic rings. The molecule has 7 heteroatoms. The molecular weight excluding hydrogens is 390 g/mol. The molecule has 0 bridgehead atoms. The van der Waals surface area contributed by atoms with Gasteiger partial charge in [-0.05, 0) is 42.8 Å². The second-order valence-electron chi connectivity index (χ2n) is 6.68. The second kappa shape index (κ2) is 7.93. The van der Waals surface area contributed by atoms with Gasteiger partial charge in [-0.2, -0.15) is 5.10 Å². The molecular formula is C22H18ClN3O3. The van der Waals surface area contributed by atoms with Crippen molar-refractivity contribution < 1.29 is 14.3 Å². The first-order valence-corrected chi connectivity index (χ1v) is 9.45. The number of carbonyl (C=O) groups is 2. The first-order valence-electron chi connectivity index (χ1n) is 9.07. The van der Waals surface area contributed by atoms with E-state index >= 15 is 0 Å². The molecule has 4 rings (SSSR count). The van der Waals surface area contributed by atoms with Crippen molar-refractivity contribution >= 4 is 35.1 Å². The number of amides is 1. The van der Waals surface area contributed by atoms with Crippen molar-refractivity contribution in [1.82, 2.24) is 9.78 Å². The van der Waals surface area contributed by atoms with E-state index in [1.165, 1.54) is 6.08 Å². The fraction of sp³-hybridized carbons (Fsp3) is 0.136. The number of fused-ring (bicyclic) bond motifs is 1. The molecule has 1 aliphatic heterocycles. The van der Waals surface area contributed by atoms with Gasteiger partial charge in [-0.3, -0.25) is 9.59 Å². The summed E-state index contributed by atoms with van der Waals surface area (Å²) in [6.07, 6.45) is 3.12. The van der Waals surface area contributed by atoms with Crippen molar-refractivity contribution in [2.45, 2.75) is 13.5 Å². The summed E-state index contributed by atoms with van der Waals surface area (Å²) in [5.41, 5.74) is 3.45. The highest BCUT2D eigenvalue weighted by molar-refractivity contribution is 6.31. The summed E-state index contributed by atoms with van der Waals surface area (Å²) in [6.45, 7) is 2.38. The number of aryl methyl sites for hydroxylation is 1. The molecule has 0 spiro atoms. The number of benzene rings is 2. The lowest BCUT2D eigenvalue weighted by Gasteiger charge is -2.17. The van der Waals surface area contributed by atoms with Crippen LogP contribution in [0.1, 0.15) is 27.2 Å². The number of halogens is 1. The molecule has 2 heterocycles. The van der Waals surface area contributed by atoms with Gasteiger partial charge in [0.05, 0.1) is 17.9 Å². The molecule has 146 valence electrons. The van der Waals surface area contributed by atoms with Crippen LogP contribution >= 0.6 is 11.6 Å². The fourth-order valence-corrected chi connectivity index (χ4v) is 3.41. The van der Waals surface area contributed by atoms with Gasteiger partial charge in [0.15, 0.2) is 12.4 Å².